The first-order valence-electron chi connectivity index (χ1n) is 3.00. The van der Waals surface area contributed by atoms with E-state index in [9.17, 15) is 4.79 Å². The van der Waals surface area contributed by atoms with Gasteiger partial charge in [0, 0.05) is 6.20 Å². The molecule has 0 aliphatic carbocycles. The van der Waals surface area contributed by atoms with Crippen LogP contribution in [0.5, 0.6) is 0 Å². The minimum absolute atomic E-state index is 0.153. The van der Waals surface area contributed by atoms with E-state index in [0.29, 0.717) is 9.99 Å². The molecule has 2 aromatic rings. The van der Waals surface area contributed by atoms with Crippen LogP contribution in [0.4, 0.5) is 0 Å². The van der Waals surface area contributed by atoms with Crippen LogP contribution in [0.3, 0.4) is 0 Å². The number of nitrogens with one attached hydrogen (secondary N) is 2. The molecule has 0 fully saturated rings. The van der Waals surface area contributed by atoms with Gasteiger partial charge >= 0.3 is 0 Å². The Kier molecular flexibility index (Phi) is 1.32. The molecule has 0 aliphatic heterocycles. The molecule has 2 rings (SSSR count). The van der Waals surface area contributed by atoms with Crippen LogP contribution in [0.15, 0.2) is 21.7 Å². The van der Waals surface area contributed by atoms with Crippen molar-refractivity contribution in [1.82, 2.24) is 15.2 Å². The van der Waals surface area contributed by atoms with Crippen molar-refractivity contribution >= 4 is 26.8 Å². The maximum atomic E-state index is 11.0. The maximum Gasteiger partial charge on any atom is 0.274 e. The lowest BCUT2D eigenvalue weighted by Crippen LogP contribution is -1.98. The predicted octanol–water partition coefficient (Wildman–Crippen LogP) is 1.01. The van der Waals surface area contributed by atoms with Gasteiger partial charge in [-0.1, -0.05) is 0 Å². The topological polar surface area (TPSA) is 61.5 Å². The molecule has 11 heavy (non-hydrogen) atoms. The summed E-state index contributed by atoms with van der Waals surface area (Å²) in [5, 5.41) is 5.75. The molecule has 0 aliphatic rings. The highest BCUT2D eigenvalue weighted by atomic mass is 79.9. The fraction of sp³-hybridized carbons (Fsp3) is 0. The molecular weight excluding hydrogens is 210 g/mol. The van der Waals surface area contributed by atoms with Crippen LogP contribution in [0.1, 0.15) is 0 Å². The summed E-state index contributed by atoms with van der Waals surface area (Å²) in [6, 6.07) is 1.73. The van der Waals surface area contributed by atoms with Crippen molar-refractivity contribution in [2.45, 2.75) is 0 Å². The number of nitrogens with zero attached hydrogens (tertiary/aromatic N) is 1. The third-order valence-electron chi connectivity index (χ3n) is 1.44. The molecule has 5 heteroatoms. The molecule has 0 spiro atoms. The molecule has 56 valence electrons. The van der Waals surface area contributed by atoms with Crippen LogP contribution < -0.4 is 5.56 Å². The summed E-state index contributed by atoms with van der Waals surface area (Å²) in [7, 11) is 0. The second-order valence-corrected chi connectivity index (χ2v) is 2.85. The zero-order valence-electron chi connectivity index (χ0n) is 5.39. The minimum Gasteiger partial charge on any atom is -0.297 e. The average Bonchev–Trinajstić information content (AvgIpc) is 2.34. The van der Waals surface area contributed by atoms with Crippen molar-refractivity contribution in [2.75, 3.05) is 0 Å². The number of aromatic nitrogens is 3. The van der Waals surface area contributed by atoms with E-state index in [2.05, 4.69) is 31.1 Å². The number of rotatable bonds is 0. The highest BCUT2D eigenvalue weighted by molar-refractivity contribution is 9.10. The predicted molar refractivity (Wildman–Crippen MR) is 44.4 cm³/mol. The first-order chi connectivity index (χ1) is 5.29. The summed E-state index contributed by atoms with van der Waals surface area (Å²) < 4.78 is 0.567. The van der Waals surface area contributed by atoms with Crippen molar-refractivity contribution in [3.8, 4) is 0 Å². The van der Waals surface area contributed by atoms with Gasteiger partial charge in [0.1, 0.15) is 4.60 Å². The van der Waals surface area contributed by atoms with Crippen LogP contribution in [0.2, 0.25) is 0 Å². The van der Waals surface area contributed by atoms with Crippen LogP contribution in [0, 0.1) is 0 Å². The Morgan fingerprint density at radius 1 is 1.45 bits per heavy atom. The summed E-state index contributed by atoms with van der Waals surface area (Å²) in [5.74, 6) is 0. The molecule has 4 nitrogen and oxygen atoms in total. The zero-order chi connectivity index (χ0) is 7.84. The Bertz CT molecular complexity index is 444. The van der Waals surface area contributed by atoms with E-state index in [1.165, 1.54) is 0 Å². The van der Waals surface area contributed by atoms with Gasteiger partial charge in [0.2, 0.25) is 0 Å². The van der Waals surface area contributed by atoms with E-state index in [0.717, 1.165) is 5.52 Å². The van der Waals surface area contributed by atoms with Gasteiger partial charge in [-0.25, -0.2) is 4.98 Å². The standard InChI is InChI=1S/C6H4BrN3O/c7-5-4-3(1-2-8-5)9-10-6(4)11/h1-2H,(H2,9,10,11). The van der Waals surface area contributed by atoms with E-state index in [4.69, 9.17) is 0 Å². The fourth-order valence-electron chi connectivity index (χ4n) is 0.943. The van der Waals surface area contributed by atoms with Crippen LogP contribution in [-0.4, -0.2) is 15.2 Å². The van der Waals surface area contributed by atoms with Crippen LogP contribution in [0.25, 0.3) is 10.9 Å². The third kappa shape index (κ3) is 0.883. The van der Waals surface area contributed by atoms with Crippen LogP contribution in [-0.2, 0) is 0 Å². The number of halogens is 1. The van der Waals surface area contributed by atoms with Crippen LogP contribution >= 0.6 is 15.9 Å². The van der Waals surface area contributed by atoms with E-state index in [1.54, 1.807) is 12.3 Å². The number of hydrogen-bond donors (Lipinski definition) is 2. The lowest BCUT2D eigenvalue weighted by Gasteiger charge is -1.87. The molecule has 2 aromatic heterocycles. The normalized spacial score (nSPS) is 10.6. The number of hydrogen-bond acceptors (Lipinski definition) is 2. The number of fused-ring (bicyclic) bond motifs is 1. The third-order valence-corrected chi connectivity index (χ3v) is 2.04. The van der Waals surface area contributed by atoms with Gasteiger partial charge in [-0.3, -0.25) is 15.0 Å². The Morgan fingerprint density at radius 2 is 2.27 bits per heavy atom. The molecule has 0 amide bonds. The second kappa shape index (κ2) is 2.20. The molecule has 0 saturated carbocycles. The smallest absolute Gasteiger partial charge is 0.274 e. The Morgan fingerprint density at radius 3 is 3.00 bits per heavy atom. The fourth-order valence-corrected chi connectivity index (χ4v) is 1.45. The van der Waals surface area contributed by atoms with E-state index >= 15 is 0 Å². The summed E-state index contributed by atoms with van der Waals surface area (Å²) in [4.78, 5) is 15.0. The quantitative estimate of drug-likeness (QED) is 0.643. The zero-order valence-corrected chi connectivity index (χ0v) is 6.97. The van der Waals surface area contributed by atoms with Gasteiger partial charge in [-0.15, -0.1) is 0 Å². The van der Waals surface area contributed by atoms with Crippen molar-refractivity contribution < 1.29 is 0 Å². The van der Waals surface area contributed by atoms with E-state index in [1.807, 2.05) is 0 Å². The van der Waals surface area contributed by atoms with Crippen molar-refractivity contribution in [2.24, 2.45) is 0 Å². The Hall–Kier alpha value is -1.10. The number of aromatic amines is 2. The molecule has 0 aromatic carbocycles. The second-order valence-electron chi connectivity index (χ2n) is 2.10. The van der Waals surface area contributed by atoms with Gasteiger partial charge in [-0.2, -0.15) is 0 Å². The largest absolute Gasteiger partial charge is 0.297 e. The van der Waals surface area contributed by atoms with Crippen molar-refractivity contribution in [1.29, 1.82) is 0 Å². The van der Waals surface area contributed by atoms with E-state index < -0.39 is 0 Å². The Labute approximate surface area is 69.8 Å². The molecule has 0 unspecified atom stereocenters. The van der Waals surface area contributed by atoms with Crippen molar-refractivity contribution in [3.05, 3.63) is 27.2 Å². The molecule has 0 atom stereocenters. The average molecular weight is 214 g/mol. The van der Waals surface area contributed by atoms with Gasteiger partial charge in [0.05, 0.1) is 10.9 Å². The molecule has 2 N–H and O–H groups in total. The maximum absolute atomic E-state index is 11.0. The van der Waals surface area contributed by atoms with Gasteiger partial charge in [0.15, 0.2) is 0 Å². The summed E-state index contributed by atoms with van der Waals surface area (Å²) in [5.41, 5.74) is 0.608. The summed E-state index contributed by atoms with van der Waals surface area (Å²) in [6.45, 7) is 0. The van der Waals surface area contributed by atoms with Gasteiger partial charge < -0.3 is 0 Å². The summed E-state index contributed by atoms with van der Waals surface area (Å²) in [6.07, 6.45) is 1.62. The number of pyridine rings is 1. The highest BCUT2D eigenvalue weighted by Gasteiger charge is 2.03. The molecular formula is C6H4BrN3O. The lowest BCUT2D eigenvalue weighted by molar-refractivity contribution is 1.08. The number of H-pyrrole nitrogens is 2. The molecule has 0 saturated heterocycles. The minimum atomic E-state index is -0.153. The first-order valence-corrected chi connectivity index (χ1v) is 3.79. The Balaban J connectivity index is 3.08. The first kappa shape index (κ1) is 6.60. The molecule has 0 radical (unpaired) electrons. The highest BCUT2D eigenvalue weighted by Crippen LogP contribution is 2.14. The van der Waals surface area contributed by atoms with E-state index in [-0.39, 0.29) is 5.56 Å². The van der Waals surface area contributed by atoms with Gasteiger partial charge in [-0.05, 0) is 22.0 Å². The monoisotopic (exact) mass is 213 g/mol. The van der Waals surface area contributed by atoms with Crippen molar-refractivity contribution in [3.63, 3.8) is 0 Å². The molecule has 2 heterocycles. The lowest BCUT2D eigenvalue weighted by atomic mass is 10.3. The molecule has 0 bridgehead atoms. The SMILES string of the molecule is O=c1[nH][nH]c2ccnc(Br)c12. The van der Waals surface area contributed by atoms with Gasteiger partial charge in [0.25, 0.3) is 5.56 Å². The summed E-state index contributed by atoms with van der Waals surface area (Å²) >= 11 is 3.18.